The fourth-order valence-corrected chi connectivity index (χ4v) is 5.84. The van der Waals surface area contributed by atoms with Gasteiger partial charge in [-0.05, 0) is 42.2 Å². The zero-order valence-electron chi connectivity index (χ0n) is 20.0. The third-order valence-electron chi connectivity index (χ3n) is 8.00. The van der Waals surface area contributed by atoms with Crippen molar-refractivity contribution in [2.45, 2.75) is 45.1 Å². The Labute approximate surface area is 202 Å². The highest BCUT2D eigenvalue weighted by molar-refractivity contribution is 5.74. The van der Waals surface area contributed by atoms with Gasteiger partial charge in [0.25, 0.3) is 0 Å². The molecule has 0 radical (unpaired) electrons. The summed E-state index contributed by atoms with van der Waals surface area (Å²) < 4.78 is 29.5. The van der Waals surface area contributed by atoms with E-state index in [1.54, 1.807) is 28.8 Å². The van der Waals surface area contributed by atoms with Crippen LogP contribution in [-0.4, -0.2) is 50.2 Å². The zero-order valence-corrected chi connectivity index (χ0v) is 20.0. The minimum atomic E-state index is -0.531. The van der Waals surface area contributed by atoms with Crippen molar-refractivity contribution in [3.63, 3.8) is 0 Å². The Morgan fingerprint density at radius 3 is 2.60 bits per heavy atom. The highest BCUT2D eigenvalue weighted by Crippen LogP contribution is 2.65. The maximum atomic E-state index is 14.4. The number of benzene rings is 1. The average molecular weight is 479 g/mol. The lowest BCUT2D eigenvalue weighted by atomic mass is 9.88. The van der Waals surface area contributed by atoms with Crippen molar-refractivity contribution in [2.24, 2.45) is 12.5 Å². The van der Waals surface area contributed by atoms with E-state index < -0.39 is 11.6 Å². The molecule has 1 saturated heterocycles. The second-order valence-electron chi connectivity index (χ2n) is 10.2. The number of piperidine rings is 1. The van der Waals surface area contributed by atoms with E-state index in [9.17, 15) is 13.6 Å². The van der Waals surface area contributed by atoms with Gasteiger partial charge in [-0.3, -0.25) is 9.48 Å². The molecule has 9 heteroatoms. The third kappa shape index (κ3) is 3.86. The number of aromatic nitrogens is 4. The SMILES string of the molecule is CC(=O)N1CCc2nc(N3CCC4(CC3)CC4c3ccc(F)cc3F)c(-c3cnn(C)c3)nc2C1. The van der Waals surface area contributed by atoms with Gasteiger partial charge in [0, 0.05) is 57.9 Å². The summed E-state index contributed by atoms with van der Waals surface area (Å²) in [6.45, 7) is 4.32. The molecule has 1 amide bonds. The van der Waals surface area contributed by atoms with Crippen LogP contribution >= 0.6 is 0 Å². The van der Waals surface area contributed by atoms with Gasteiger partial charge in [0.1, 0.15) is 17.3 Å². The second-order valence-corrected chi connectivity index (χ2v) is 10.2. The first-order valence-electron chi connectivity index (χ1n) is 12.2. The normalized spacial score (nSPS) is 20.7. The molecule has 35 heavy (non-hydrogen) atoms. The number of hydrogen-bond donors (Lipinski definition) is 0. The van der Waals surface area contributed by atoms with E-state index in [1.807, 2.05) is 13.2 Å². The summed E-state index contributed by atoms with van der Waals surface area (Å²) in [5.74, 6) is 0.0788. The molecule has 1 aromatic carbocycles. The van der Waals surface area contributed by atoms with Gasteiger partial charge in [-0.15, -0.1) is 0 Å². The molecule has 0 bridgehead atoms. The van der Waals surface area contributed by atoms with Crippen molar-refractivity contribution < 1.29 is 13.6 Å². The molecule has 1 atom stereocenters. The van der Waals surface area contributed by atoms with Gasteiger partial charge < -0.3 is 9.80 Å². The molecule has 0 N–H and O–H groups in total. The summed E-state index contributed by atoms with van der Waals surface area (Å²) in [7, 11) is 1.87. The smallest absolute Gasteiger partial charge is 0.219 e. The number of aryl methyl sites for hydroxylation is 1. The van der Waals surface area contributed by atoms with Crippen molar-refractivity contribution in [3.05, 3.63) is 59.2 Å². The molecule has 3 aliphatic rings. The molecular formula is C26H28F2N6O. The number of anilines is 1. The predicted molar refractivity (Wildman–Crippen MR) is 127 cm³/mol. The summed E-state index contributed by atoms with van der Waals surface area (Å²) in [6.07, 6.45) is 7.22. The standard InChI is InChI=1S/C26H28F2N6O/c1-16(35)34-8-5-22-23(15-34)30-24(17-13-29-32(2)14-17)25(31-22)33-9-6-26(7-10-33)12-20(26)19-4-3-18(27)11-21(19)28/h3-4,11,13-14,20H,5-10,12,15H2,1-2H3. The Morgan fingerprint density at radius 1 is 1.11 bits per heavy atom. The first-order valence-corrected chi connectivity index (χ1v) is 12.2. The lowest BCUT2D eigenvalue weighted by molar-refractivity contribution is -0.129. The molecule has 2 aliphatic heterocycles. The minimum Gasteiger partial charge on any atom is -0.355 e. The van der Waals surface area contributed by atoms with Crippen LogP contribution in [0.3, 0.4) is 0 Å². The fourth-order valence-electron chi connectivity index (χ4n) is 5.84. The first-order chi connectivity index (χ1) is 16.8. The maximum absolute atomic E-state index is 14.4. The van der Waals surface area contributed by atoms with E-state index in [0.717, 1.165) is 66.9 Å². The number of halogens is 2. The number of carbonyl (C=O) groups is 1. The molecule has 1 aliphatic carbocycles. The second kappa shape index (κ2) is 8.10. The molecule has 6 rings (SSSR count). The predicted octanol–water partition coefficient (Wildman–Crippen LogP) is 3.83. The van der Waals surface area contributed by atoms with Crippen LogP contribution in [-0.2, 0) is 24.8 Å². The minimum absolute atomic E-state index is 0.0439. The van der Waals surface area contributed by atoms with Gasteiger partial charge in [0.05, 0.1) is 24.1 Å². The Hall–Kier alpha value is -3.36. The highest BCUT2D eigenvalue weighted by atomic mass is 19.1. The maximum Gasteiger partial charge on any atom is 0.219 e. The summed E-state index contributed by atoms with van der Waals surface area (Å²) in [5, 5.41) is 4.33. The van der Waals surface area contributed by atoms with Crippen molar-refractivity contribution >= 4 is 11.7 Å². The van der Waals surface area contributed by atoms with Gasteiger partial charge in [-0.2, -0.15) is 5.10 Å². The lowest BCUT2D eigenvalue weighted by Gasteiger charge is -2.35. The summed E-state index contributed by atoms with van der Waals surface area (Å²) in [4.78, 5) is 26.1. The quantitative estimate of drug-likeness (QED) is 0.572. The van der Waals surface area contributed by atoms with Gasteiger partial charge in [0.2, 0.25) is 5.91 Å². The lowest BCUT2D eigenvalue weighted by Crippen LogP contribution is -2.38. The van der Waals surface area contributed by atoms with Crippen LogP contribution in [0.2, 0.25) is 0 Å². The Balaban J connectivity index is 1.27. The van der Waals surface area contributed by atoms with Gasteiger partial charge in [-0.1, -0.05) is 6.07 Å². The van der Waals surface area contributed by atoms with E-state index in [1.165, 1.54) is 6.07 Å². The molecule has 1 unspecified atom stereocenters. The number of nitrogens with zero attached hydrogens (tertiary/aromatic N) is 6. The molecule has 3 aromatic rings. The van der Waals surface area contributed by atoms with E-state index in [0.29, 0.717) is 25.1 Å². The third-order valence-corrected chi connectivity index (χ3v) is 8.00. The first kappa shape index (κ1) is 22.1. The Bertz CT molecular complexity index is 1310. The average Bonchev–Trinajstić information content (AvgIpc) is 3.33. The van der Waals surface area contributed by atoms with Gasteiger partial charge in [0.15, 0.2) is 5.82 Å². The number of fused-ring (bicyclic) bond motifs is 1. The number of hydrogen-bond acceptors (Lipinski definition) is 5. The Morgan fingerprint density at radius 2 is 1.91 bits per heavy atom. The zero-order chi connectivity index (χ0) is 24.3. The Kier molecular flexibility index (Phi) is 5.12. The molecule has 7 nitrogen and oxygen atoms in total. The molecule has 4 heterocycles. The van der Waals surface area contributed by atoms with E-state index >= 15 is 0 Å². The fraction of sp³-hybridized carbons (Fsp3) is 0.462. The number of rotatable bonds is 3. The van der Waals surface area contributed by atoms with E-state index in [2.05, 4.69) is 10.00 Å². The van der Waals surface area contributed by atoms with E-state index in [-0.39, 0.29) is 17.2 Å². The number of carbonyl (C=O) groups excluding carboxylic acids is 1. The van der Waals surface area contributed by atoms with Gasteiger partial charge >= 0.3 is 0 Å². The summed E-state index contributed by atoms with van der Waals surface area (Å²) in [6, 6.07) is 3.96. The van der Waals surface area contributed by atoms with Crippen LogP contribution in [0.25, 0.3) is 11.3 Å². The van der Waals surface area contributed by atoms with Crippen molar-refractivity contribution in [1.82, 2.24) is 24.6 Å². The monoisotopic (exact) mass is 478 g/mol. The molecule has 182 valence electrons. The van der Waals surface area contributed by atoms with Crippen molar-refractivity contribution in [2.75, 3.05) is 24.5 Å². The van der Waals surface area contributed by atoms with Crippen LogP contribution in [0.1, 0.15) is 49.1 Å². The summed E-state index contributed by atoms with van der Waals surface area (Å²) >= 11 is 0. The van der Waals surface area contributed by atoms with E-state index in [4.69, 9.17) is 9.97 Å². The van der Waals surface area contributed by atoms with Crippen LogP contribution < -0.4 is 4.90 Å². The van der Waals surface area contributed by atoms with Crippen LogP contribution in [0, 0.1) is 17.0 Å². The van der Waals surface area contributed by atoms with Crippen molar-refractivity contribution in [3.8, 4) is 11.3 Å². The van der Waals surface area contributed by atoms with Crippen LogP contribution in [0.5, 0.6) is 0 Å². The molecular weight excluding hydrogens is 450 g/mol. The molecule has 2 aromatic heterocycles. The van der Waals surface area contributed by atoms with Crippen LogP contribution in [0.4, 0.5) is 14.6 Å². The van der Waals surface area contributed by atoms with Crippen molar-refractivity contribution in [1.29, 1.82) is 0 Å². The molecule has 1 saturated carbocycles. The van der Waals surface area contributed by atoms with Gasteiger partial charge in [-0.25, -0.2) is 18.7 Å². The molecule has 1 spiro atoms. The van der Waals surface area contributed by atoms with Crippen LogP contribution in [0.15, 0.2) is 30.6 Å². The molecule has 2 fully saturated rings. The largest absolute Gasteiger partial charge is 0.355 e. The highest BCUT2D eigenvalue weighted by Gasteiger charge is 2.56. The summed E-state index contributed by atoms with van der Waals surface area (Å²) in [5.41, 5.74) is 4.19. The number of amides is 1. The topological polar surface area (TPSA) is 67.2 Å².